The number of unbranched alkanes of at least 4 members (excludes halogenated alkanes) is 28. The van der Waals surface area contributed by atoms with Crippen molar-refractivity contribution < 1.29 is 38.1 Å². The Kier molecular flexibility index (Phi) is 41.6. The predicted octanol–water partition coefficient (Wildman–Crippen LogP) is 19.0. The molecule has 0 spiro atoms. The first-order valence-electron chi connectivity index (χ1n) is 29.7. The Hall–Kier alpha value is -2.90. The van der Waals surface area contributed by atoms with E-state index in [-0.39, 0.29) is 48.7 Å². The van der Waals surface area contributed by atoms with Gasteiger partial charge in [-0.05, 0) is 61.5 Å². The zero-order valence-electron chi connectivity index (χ0n) is 47.0. The van der Waals surface area contributed by atoms with E-state index in [0.29, 0.717) is 25.7 Å². The molecule has 0 saturated carbocycles. The van der Waals surface area contributed by atoms with Crippen LogP contribution >= 0.6 is 0 Å². The maximum atomic E-state index is 13.9. The van der Waals surface area contributed by atoms with Gasteiger partial charge in [0.2, 0.25) is 0 Å². The van der Waals surface area contributed by atoms with Crippen LogP contribution < -0.4 is 0 Å². The summed E-state index contributed by atoms with van der Waals surface area (Å²) in [5.41, 5.74) is -0.371. The Morgan fingerprint density at radius 3 is 0.557 bits per heavy atom. The summed E-state index contributed by atoms with van der Waals surface area (Å²) in [4.78, 5) is 55.4. The second-order valence-corrected chi connectivity index (χ2v) is 22.5. The van der Waals surface area contributed by atoms with Crippen LogP contribution in [0.1, 0.15) is 328 Å². The van der Waals surface area contributed by atoms with Crippen molar-refractivity contribution in [1.29, 1.82) is 0 Å². The van der Waals surface area contributed by atoms with Crippen molar-refractivity contribution in [1.82, 2.24) is 0 Å². The first kappa shape index (κ1) is 65.1. The van der Waals surface area contributed by atoms with Crippen molar-refractivity contribution in [3.63, 3.8) is 0 Å². The van der Waals surface area contributed by atoms with Gasteiger partial charge in [0.05, 0.1) is 48.7 Å². The molecule has 0 saturated heterocycles. The molecule has 0 aliphatic heterocycles. The second-order valence-electron chi connectivity index (χ2n) is 22.5. The Balaban J connectivity index is 3.07. The van der Waals surface area contributed by atoms with E-state index in [0.717, 1.165) is 101 Å². The molecular formula is C62H110O8. The van der Waals surface area contributed by atoms with Crippen molar-refractivity contribution >= 4 is 23.9 Å². The van der Waals surface area contributed by atoms with Crippen LogP contribution in [0.2, 0.25) is 0 Å². The van der Waals surface area contributed by atoms with Crippen LogP contribution in [0.4, 0.5) is 0 Å². The lowest BCUT2D eigenvalue weighted by atomic mass is 9.97. The molecule has 406 valence electrons. The van der Waals surface area contributed by atoms with Gasteiger partial charge in [-0.15, -0.1) is 0 Å². The third kappa shape index (κ3) is 36.9. The minimum atomic E-state index is -0.719. The van der Waals surface area contributed by atoms with E-state index in [4.69, 9.17) is 18.9 Å². The molecule has 1 aromatic rings. The number of rotatable bonds is 48. The van der Waals surface area contributed by atoms with Gasteiger partial charge in [0.25, 0.3) is 0 Å². The highest BCUT2D eigenvalue weighted by Gasteiger charge is 2.29. The van der Waals surface area contributed by atoms with Gasteiger partial charge in [-0.25, -0.2) is 19.2 Å². The fourth-order valence-corrected chi connectivity index (χ4v) is 9.11. The standard InChI is InChI=1S/C62H110O8/c1-51(2)41-33-25-17-9-13-21-29-37-45-67-59(63)55-49-57(61(65)69-47-39-31-23-15-11-19-27-35-43-53(5)6)58(62(66)70-48-40-32-24-16-12-20-28-36-44-54(7)8)50-56(55)60(64)68-46-38-30-22-14-10-18-26-34-42-52(3)4/h49-54H,9-48H2,1-8H3. The Morgan fingerprint density at radius 2 is 0.400 bits per heavy atom. The van der Waals surface area contributed by atoms with Gasteiger partial charge in [-0.2, -0.15) is 0 Å². The van der Waals surface area contributed by atoms with Crippen molar-refractivity contribution in [3.05, 3.63) is 34.4 Å². The summed E-state index contributed by atoms with van der Waals surface area (Å²) in [6.45, 7) is 19.0. The van der Waals surface area contributed by atoms with E-state index >= 15 is 0 Å². The van der Waals surface area contributed by atoms with Crippen molar-refractivity contribution in [3.8, 4) is 0 Å². The molecule has 1 aromatic carbocycles. The molecule has 0 fully saturated rings. The highest BCUT2D eigenvalue weighted by molar-refractivity contribution is 6.10. The van der Waals surface area contributed by atoms with Crippen LogP contribution in [0.15, 0.2) is 12.1 Å². The fourth-order valence-electron chi connectivity index (χ4n) is 9.11. The Morgan fingerprint density at radius 1 is 0.257 bits per heavy atom. The van der Waals surface area contributed by atoms with Gasteiger partial charge in [0.1, 0.15) is 0 Å². The normalized spacial score (nSPS) is 11.6. The van der Waals surface area contributed by atoms with E-state index in [1.165, 1.54) is 141 Å². The largest absolute Gasteiger partial charge is 0.462 e. The lowest BCUT2D eigenvalue weighted by Crippen LogP contribution is -2.21. The van der Waals surface area contributed by atoms with Gasteiger partial charge in [-0.1, -0.05) is 261 Å². The van der Waals surface area contributed by atoms with Crippen LogP contribution in [0.3, 0.4) is 0 Å². The fraction of sp³-hybridized carbons (Fsp3) is 0.839. The van der Waals surface area contributed by atoms with Crippen molar-refractivity contribution in [2.24, 2.45) is 23.7 Å². The molecule has 0 bridgehead atoms. The molecule has 0 heterocycles. The highest BCUT2D eigenvalue weighted by Crippen LogP contribution is 2.24. The summed E-state index contributed by atoms with van der Waals surface area (Å²) in [7, 11) is 0. The number of carbonyl (C=O) groups is 4. The summed E-state index contributed by atoms with van der Waals surface area (Å²) in [5.74, 6) is 0.162. The predicted molar refractivity (Wildman–Crippen MR) is 293 cm³/mol. The average molecular weight is 984 g/mol. The third-order valence-electron chi connectivity index (χ3n) is 13.7. The molecule has 0 aliphatic rings. The smallest absolute Gasteiger partial charge is 0.339 e. The monoisotopic (exact) mass is 983 g/mol. The van der Waals surface area contributed by atoms with E-state index in [1.54, 1.807) is 0 Å². The highest BCUT2D eigenvalue weighted by atomic mass is 16.5. The number of carbonyl (C=O) groups excluding carboxylic acids is 4. The van der Waals surface area contributed by atoms with Crippen LogP contribution in [-0.4, -0.2) is 50.3 Å². The molecule has 0 unspecified atom stereocenters. The van der Waals surface area contributed by atoms with Gasteiger partial charge >= 0.3 is 23.9 Å². The summed E-state index contributed by atoms with van der Waals surface area (Å²) in [6, 6.07) is 2.61. The van der Waals surface area contributed by atoms with Gasteiger partial charge in [-0.3, -0.25) is 0 Å². The molecule has 8 heteroatoms. The molecule has 8 nitrogen and oxygen atoms in total. The lowest BCUT2D eigenvalue weighted by molar-refractivity contribution is 0.0434. The number of esters is 4. The van der Waals surface area contributed by atoms with Crippen LogP contribution in [0, 0.1) is 23.7 Å². The van der Waals surface area contributed by atoms with E-state index in [1.807, 2.05) is 0 Å². The summed E-state index contributed by atoms with van der Waals surface area (Å²) in [5, 5.41) is 0. The zero-order chi connectivity index (χ0) is 51.5. The molecular weight excluding hydrogens is 873 g/mol. The molecule has 0 atom stereocenters. The molecule has 0 N–H and O–H groups in total. The number of benzene rings is 1. The minimum absolute atomic E-state index is 0.0926. The Labute approximate surface area is 431 Å². The maximum Gasteiger partial charge on any atom is 0.339 e. The molecule has 0 amide bonds. The number of ether oxygens (including phenoxy) is 4. The van der Waals surface area contributed by atoms with Crippen LogP contribution in [-0.2, 0) is 18.9 Å². The first-order valence-corrected chi connectivity index (χ1v) is 29.7. The summed E-state index contributed by atoms with van der Waals surface area (Å²) >= 11 is 0. The zero-order valence-corrected chi connectivity index (χ0v) is 47.0. The molecule has 1 rings (SSSR count). The van der Waals surface area contributed by atoms with E-state index in [9.17, 15) is 19.2 Å². The Bertz CT molecular complexity index is 1240. The van der Waals surface area contributed by atoms with E-state index in [2.05, 4.69) is 55.4 Å². The van der Waals surface area contributed by atoms with Crippen LogP contribution in [0.5, 0.6) is 0 Å². The SMILES string of the molecule is CC(C)CCCCCCCCCCOC(=O)c1cc(C(=O)OCCCCCCCCCCC(C)C)c(C(=O)OCCCCCCCCCCC(C)C)cc1C(=O)OCCCCCCCCCCC(C)C. The summed E-state index contributed by atoms with van der Waals surface area (Å²) < 4.78 is 23.1. The maximum absolute atomic E-state index is 13.9. The van der Waals surface area contributed by atoms with Crippen molar-refractivity contribution in [2.45, 2.75) is 287 Å². The lowest BCUT2D eigenvalue weighted by Gasteiger charge is -2.15. The van der Waals surface area contributed by atoms with Gasteiger partial charge < -0.3 is 18.9 Å². The van der Waals surface area contributed by atoms with Gasteiger partial charge in [0.15, 0.2) is 0 Å². The third-order valence-corrected chi connectivity index (χ3v) is 13.7. The second kappa shape index (κ2) is 44.8. The quantitative estimate of drug-likeness (QED) is 0.0361. The first-order chi connectivity index (χ1) is 33.8. The average Bonchev–Trinajstić information content (AvgIpc) is 3.32. The number of hydrogen-bond donors (Lipinski definition) is 0. The van der Waals surface area contributed by atoms with Gasteiger partial charge in [0, 0.05) is 0 Å². The minimum Gasteiger partial charge on any atom is -0.462 e. The molecule has 0 radical (unpaired) electrons. The topological polar surface area (TPSA) is 105 Å². The van der Waals surface area contributed by atoms with E-state index < -0.39 is 23.9 Å². The van der Waals surface area contributed by atoms with Crippen LogP contribution in [0.25, 0.3) is 0 Å². The number of hydrogen-bond acceptors (Lipinski definition) is 8. The molecule has 0 aromatic heterocycles. The summed E-state index contributed by atoms with van der Waals surface area (Å²) in [6.07, 6.45) is 40.8. The molecule has 0 aliphatic carbocycles. The molecule has 70 heavy (non-hydrogen) atoms. The van der Waals surface area contributed by atoms with Crippen molar-refractivity contribution in [2.75, 3.05) is 26.4 Å².